The van der Waals surface area contributed by atoms with Crippen LogP contribution in [0.3, 0.4) is 0 Å². The Kier molecular flexibility index (Phi) is 2.75. The summed E-state index contributed by atoms with van der Waals surface area (Å²) in [6.07, 6.45) is 0. The normalized spacial score (nSPS) is 11.1. The first-order valence-corrected chi connectivity index (χ1v) is 6.95. The molecule has 0 bridgehead atoms. The summed E-state index contributed by atoms with van der Waals surface area (Å²) in [4.78, 5) is 19.3. The predicted octanol–water partition coefficient (Wildman–Crippen LogP) is 3.35. The monoisotopic (exact) mass is 270 g/mol. The molecule has 0 amide bonds. The zero-order valence-electron chi connectivity index (χ0n) is 11.1. The average molecular weight is 270 g/mol. The molecule has 3 nitrogen and oxygen atoms in total. The third-order valence-corrected chi connectivity index (χ3v) is 4.16. The molecule has 0 saturated heterocycles. The minimum Gasteiger partial charge on any atom is -0.269 e. The van der Waals surface area contributed by atoms with Gasteiger partial charge in [0.15, 0.2) is 0 Å². The fraction of sp³-hybridized carbons (Fsp3) is 0.200. The van der Waals surface area contributed by atoms with Gasteiger partial charge in [0.2, 0.25) is 0 Å². The number of fused-ring (bicyclic) bond motifs is 1. The van der Waals surface area contributed by atoms with Gasteiger partial charge in [-0.05, 0) is 39.0 Å². The van der Waals surface area contributed by atoms with Crippen LogP contribution in [0.15, 0.2) is 35.1 Å². The van der Waals surface area contributed by atoms with Crippen LogP contribution in [0.25, 0.3) is 16.9 Å². The van der Waals surface area contributed by atoms with Gasteiger partial charge in [0, 0.05) is 27.1 Å². The van der Waals surface area contributed by atoms with E-state index in [0.717, 1.165) is 17.0 Å². The molecule has 0 saturated carbocycles. The number of pyridine rings is 1. The highest BCUT2D eigenvalue weighted by Gasteiger charge is 2.10. The van der Waals surface area contributed by atoms with Gasteiger partial charge in [-0.25, -0.2) is 4.98 Å². The fourth-order valence-electron chi connectivity index (χ4n) is 2.34. The Hall–Kier alpha value is -1.94. The fourth-order valence-corrected chi connectivity index (χ4v) is 3.27. The van der Waals surface area contributed by atoms with E-state index >= 15 is 0 Å². The Morgan fingerprint density at radius 1 is 1.16 bits per heavy atom. The highest BCUT2D eigenvalue weighted by Crippen LogP contribution is 2.28. The highest BCUT2D eigenvalue weighted by atomic mass is 32.1. The van der Waals surface area contributed by atoms with Crippen LogP contribution in [0.4, 0.5) is 0 Å². The molecule has 0 aliphatic carbocycles. The minimum atomic E-state index is -0.0265. The number of aryl methyl sites for hydroxylation is 3. The molecule has 4 heteroatoms. The van der Waals surface area contributed by atoms with Crippen molar-refractivity contribution >= 4 is 17.0 Å². The van der Waals surface area contributed by atoms with Gasteiger partial charge in [0.25, 0.3) is 5.56 Å². The summed E-state index contributed by atoms with van der Waals surface area (Å²) < 4.78 is 1.64. The molecule has 3 rings (SSSR count). The van der Waals surface area contributed by atoms with Crippen molar-refractivity contribution in [2.24, 2.45) is 0 Å². The second kappa shape index (κ2) is 4.31. The molecule has 0 N–H and O–H groups in total. The third kappa shape index (κ3) is 1.98. The molecule has 0 spiro atoms. The van der Waals surface area contributed by atoms with Crippen LogP contribution >= 0.6 is 11.3 Å². The Labute approximate surface area is 115 Å². The molecule has 0 atom stereocenters. The van der Waals surface area contributed by atoms with Crippen LogP contribution in [-0.4, -0.2) is 9.38 Å². The van der Waals surface area contributed by atoms with Gasteiger partial charge in [-0.1, -0.05) is 6.07 Å². The molecule has 0 aliphatic rings. The van der Waals surface area contributed by atoms with Crippen molar-refractivity contribution in [3.63, 3.8) is 0 Å². The lowest BCUT2D eigenvalue weighted by atomic mass is 10.2. The number of thiophene rings is 1. The quantitative estimate of drug-likeness (QED) is 0.679. The summed E-state index contributed by atoms with van der Waals surface area (Å²) in [5.41, 5.74) is 3.40. The first-order chi connectivity index (χ1) is 9.06. The zero-order chi connectivity index (χ0) is 13.6. The van der Waals surface area contributed by atoms with Crippen molar-refractivity contribution in [3.8, 4) is 11.3 Å². The molecule has 0 radical (unpaired) electrons. The van der Waals surface area contributed by atoms with Gasteiger partial charge in [0.1, 0.15) is 5.65 Å². The first-order valence-electron chi connectivity index (χ1n) is 6.13. The molecule has 3 heterocycles. The molecular weight excluding hydrogens is 256 g/mol. The van der Waals surface area contributed by atoms with Crippen molar-refractivity contribution in [1.82, 2.24) is 9.38 Å². The smallest absolute Gasteiger partial charge is 0.258 e. The Bertz CT molecular complexity index is 830. The van der Waals surface area contributed by atoms with E-state index in [-0.39, 0.29) is 5.56 Å². The SMILES string of the molecule is Cc1cc(-c2cc(=O)n3c(C)cccc3n2)c(C)s1. The van der Waals surface area contributed by atoms with Gasteiger partial charge in [0.05, 0.1) is 5.69 Å². The predicted molar refractivity (Wildman–Crippen MR) is 79.0 cm³/mol. The molecule has 0 unspecified atom stereocenters. The maximum absolute atomic E-state index is 12.2. The summed E-state index contributed by atoms with van der Waals surface area (Å²) in [6.45, 7) is 6.04. The highest BCUT2D eigenvalue weighted by molar-refractivity contribution is 7.12. The summed E-state index contributed by atoms with van der Waals surface area (Å²) in [7, 11) is 0. The van der Waals surface area contributed by atoms with Gasteiger partial charge in [-0.15, -0.1) is 11.3 Å². The number of nitrogens with zero attached hydrogens (tertiary/aromatic N) is 2. The van der Waals surface area contributed by atoms with E-state index < -0.39 is 0 Å². The maximum Gasteiger partial charge on any atom is 0.258 e. The van der Waals surface area contributed by atoms with Crippen LogP contribution in [0.5, 0.6) is 0 Å². The van der Waals surface area contributed by atoms with Crippen LogP contribution in [0, 0.1) is 20.8 Å². The van der Waals surface area contributed by atoms with E-state index in [1.807, 2.05) is 25.1 Å². The standard InChI is InChI=1S/C15H14N2OS/c1-9-5-4-6-14-16-13(8-15(18)17(9)14)12-7-10(2)19-11(12)3/h4-8H,1-3H3. The summed E-state index contributed by atoms with van der Waals surface area (Å²) >= 11 is 1.73. The molecule has 19 heavy (non-hydrogen) atoms. The van der Waals surface area contributed by atoms with E-state index in [4.69, 9.17) is 0 Å². The van der Waals surface area contributed by atoms with E-state index in [0.29, 0.717) is 5.65 Å². The molecular formula is C15H14N2OS. The lowest BCUT2D eigenvalue weighted by Crippen LogP contribution is -2.16. The summed E-state index contributed by atoms with van der Waals surface area (Å²) in [5, 5.41) is 0. The largest absolute Gasteiger partial charge is 0.269 e. The van der Waals surface area contributed by atoms with Crippen molar-refractivity contribution in [2.45, 2.75) is 20.8 Å². The number of rotatable bonds is 1. The average Bonchev–Trinajstić information content (AvgIpc) is 2.68. The Morgan fingerprint density at radius 3 is 2.63 bits per heavy atom. The molecule has 0 fully saturated rings. The summed E-state index contributed by atoms with van der Waals surface area (Å²) in [6, 6.07) is 9.41. The van der Waals surface area contributed by atoms with Crippen molar-refractivity contribution in [3.05, 3.63) is 56.1 Å². The van der Waals surface area contributed by atoms with Gasteiger partial charge in [-0.2, -0.15) is 0 Å². The third-order valence-electron chi connectivity index (χ3n) is 3.20. The lowest BCUT2D eigenvalue weighted by Gasteiger charge is -2.06. The Balaban J connectivity index is 2.33. The number of hydrogen-bond donors (Lipinski definition) is 0. The van der Waals surface area contributed by atoms with Gasteiger partial charge >= 0.3 is 0 Å². The lowest BCUT2D eigenvalue weighted by molar-refractivity contribution is 0.993. The Morgan fingerprint density at radius 2 is 1.95 bits per heavy atom. The topological polar surface area (TPSA) is 34.4 Å². The van der Waals surface area contributed by atoms with Crippen LogP contribution in [0.1, 0.15) is 15.4 Å². The van der Waals surface area contributed by atoms with E-state index in [2.05, 4.69) is 24.9 Å². The minimum absolute atomic E-state index is 0.0265. The van der Waals surface area contributed by atoms with Crippen LogP contribution < -0.4 is 5.56 Å². The number of hydrogen-bond acceptors (Lipinski definition) is 3. The van der Waals surface area contributed by atoms with Crippen molar-refractivity contribution in [2.75, 3.05) is 0 Å². The zero-order valence-corrected chi connectivity index (χ0v) is 11.9. The summed E-state index contributed by atoms with van der Waals surface area (Å²) in [5.74, 6) is 0. The van der Waals surface area contributed by atoms with E-state index in [9.17, 15) is 4.79 Å². The van der Waals surface area contributed by atoms with E-state index in [1.54, 1.807) is 21.8 Å². The van der Waals surface area contributed by atoms with Crippen LogP contribution in [0.2, 0.25) is 0 Å². The molecule has 3 aromatic rings. The molecule has 96 valence electrons. The molecule has 3 aromatic heterocycles. The van der Waals surface area contributed by atoms with Crippen molar-refractivity contribution < 1.29 is 0 Å². The second-order valence-electron chi connectivity index (χ2n) is 4.67. The number of aromatic nitrogens is 2. The maximum atomic E-state index is 12.2. The van der Waals surface area contributed by atoms with E-state index in [1.165, 1.54) is 9.75 Å². The first kappa shape index (κ1) is 12.1. The molecule has 0 aromatic carbocycles. The second-order valence-corrected chi connectivity index (χ2v) is 6.13. The van der Waals surface area contributed by atoms with Crippen molar-refractivity contribution in [1.29, 1.82) is 0 Å². The van der Waals surface area contributed by atoms with Crippen LogP contribution in [-0.2, 0) is 0 Å². The molecule has 0 aliphatic heterocycles. The van der Waals surface area contributed by atoms with Gasteiger partial charge in [-0.3, -0.25) is 9.20 Å². The van der Waals surface area contributed by atoms with Gasteiger partial charge < -0.3 is 0 Å².